The Kier molecular flexibility index (Phi) is 7.33. The summed E-state index contributed by atoms with van der Waals surface area (Å²) in [6, 6.07) is 15.7. The maximum Gasteiger partial charge on any atom is 0.311 e. The molecule has 1 unspecified atom stereocenters. The quantitative estimate of drug-likeness (QED) is 0.356. The molecular weight excluding hydrogens is 468 g/mol. The molecule has 1 aliphatic rings. The van der Waals surface area contributed by atoms with Gasteiger partial charge in [-0.3, -0.25) is 4.79 Å². The van der Waals surface area contributed by atoms with Gasteiger partial charge in [0.05, 0.1) is 16.1 Å². The van der Waals surface area contributed by atoms with Gasteiger partial charge in [-0.2, -0.15) is 0 Å². The van der Waals surface area contributed by atoms with Gasteiger partial charge in [-0.25, -0.2) is 9.97 Å². The molecule has 8 heteroatoms. The van der Waals surface area contributed by atoms with Crippen LogP contribution in [0.1, 0.15) is 37.3 Å². The SMILES string of the molecule is CCC1(C(=O)O)CCCN(c2cccc(SNc3ccc(Cl)c(-c4c(C)cccc4C)n3)n2)C1. The summed E-state index contributed by atoms with van der Waals surface area (Å²) >= 11 is 7.87. The lowest BCUT2D eigenvalue weighted by molar-refractivity contribution is -0.149. The van der Waals surface area contributed by atoms with Crippen molar-refractivity contribution in [3.8, 4) is 11.3 Å². The van der Waals surface area contributed by atoms with E-state index in [4.69, 9.17) is 21.6 Å². The van der Waals surface area contributed by atoms with Crippen LogP contribution in [-0.4, -0.2) is 34.1 Å². The summed E-state index contributed by atoms with van der Waals surface area (Å²) in [6.07, 6.45) is 2.16. The van der Waals surface area contributed by atoms with Gasteiger partial charge >= 0.3 is 5.97 Å². The molecule has 34 heavy (non-hydrogen) atoms. The number of nitrogens with one attached hydrogen (secondary N) is 1. The van der Waals surface area contributed by atoms with Crippen LogP contribution >= 0.6 is 23.5 Å². The average Bonchev–Trinajstić information content (AvgIpc) is 2.84. The van der Waals surface area contributed by atoms with Crippen LogP contribution < -0.4 is 9.62 Å². The number of pyridine rings is 2. The molecule has 0 radical (unpaired) electrons. The number of carboxylic acid groups (broad SMARTS) is 1. The standard InChI is InChI=1S/C26H29ClN4O2S/c1-4-26(25(32)33)14-7-15-31(16-26)21-10-6-11-22(29-21)34-30-20-13-12-19(27)24(28-20)23-17(2)8-5-9-18(23)3/h5-6,8-13H,4,7,14-16H2,1-3H3,(H,28,30)(H,32,33). The average molecular weight is 497 g/mol. The van der Waals surface area contributed by atoms with Gasteiger partial charge in [0.2, 0.25) is 0 Å². The second-order valence-electron chi connectivity index (χ2n) is 8.80. The maximum atomic E-state index is 11.9. The van der Waals surface area contributed by atoms with E-state index in [0.717, 1.165) is 46.2 Å². The second kappa shape index (κ2) is 10.2. The monoisotopic (exact) mass is 496 g/mol. The summed E-state index contributed by atoms with van der Waals surface area (Å²) in [5.74, 6) is 0.763. The van der Waals surface area contributed by atoms with Gasteiger partial charge in [0.1, 0.15) is 16.7 Å². The summed E-state index contributed by atoms with van der Waals surface area (Å²) in [4.78, 5) is 23.6. The molecule has 0 spiro atoms. The van der Waals surface area contributed by atoms with E-state index in [0.29, 0.717) is 30.2 Å². The predicted molar refractivity (Wildman–Crippen MR) is 140 cm³/mol. The Morgan fingerprint density at radius 1 is 1.15 bits per heavy atom. The van der Waals surface area contributed by atoms with Crippen molar-refractivity contribution >= 4 is 41.2 Å². The van der Waals surface area contributed by atoms with E-state index in [-0.39, 0.29) is 0 Å². The van der Waals surface area contributed by atoms with Gasteiger partial charge in [0, 0.05) is 30.6 Å². The molecule has 1 saturated heterocycles. The first-order valence-corrected chi connectivity index (χ1v) is 12.6. The van der Waals surface area contributed by atoms with E-state index >= 15 is 0 Å². The van der Waals surface area contributed by atoms with Crippen molar-refractivity contribution in [2.45, 2.75) is 45.1 Å². The van der Waals surface area contributed by atoms with Crippen LogP contribution in [0.25, 0.3) is 11.3 Å². The number of carbonyl (C=O) groups is 1. The largest absolute Gasteiger partial charge is 0.481 e. The summed E-state index contributed by atoms with van der Waals surface area (Å²) in [5, 5.41) is 11.2. The molecular formula is C26H29ClN4O2S. The number of piperidine rings is 1. The molecule has 0 saturated carbocycles. The van der Waals surface area contributed by atoms with Crippen molar-refractivity contribution in [1.82, 2.24) is 9.97 Å². The molecule has 1 fully saturated rings. The highest BCUT2D eigenvalue weighted by atomic mass is 35.5. The Hall–Kier alpha value is -2.77. The molecule has 0 aliphatic carbocycles. The molecule has 4 rings (SSSR count). The highest BCUT2D eigenvalue weighted by Gasteiger charge is 2.41. The van der Waals surface area contributed by atoms with E-state index < -0.39 is 11.4 Å². The molecule has 1 aliphatic heterocycles. The zero-order valence-electron chi connectivity index (χ0n) is 19.6. The topological polar surface area (TPSA) is 78.4 Å². The number of aromatic nitrogens is 2. The lowest BCUT2D eigenvalue weighted by Gasteiger charge is -2.40. The van der Waals surface area contributed by atoms with Crippen LogP contribution in [0.3, 0.4) is 0 Å². The minimum atomic E-state index is -0.722. The second-order valence-corrected chi connectivity index (χ2v) is 10.0. The minimum absolute atomic E-state index is 0.477. The van der Waals surface area contributed by atoms with Gasteiger partial charge in [0.15, 0.2) is 0 Å². The van der Waals surface area contributed by atoms with Crippen LogP contribution in [0, 0.1) is 19.3 Å². The Morgan fingerprint density at radius 2 is 1.88 bits per heavy atom. The Labute approximate surface area is 209 Å². The Bertz CT molecular complexity index is 1180. The normalized spacial score (nSPS) is 18.1. The van der Waals surface area contributed by atoms with Crippen LogP contribution in [-0.2, 0) is 4.79 Å². The molecule has 0 bridgehead atoms. The first-order chi connectivity index (χ1) is 16.3. The van der Waals surface area contributed by atoms with E-state index in [2.05, 4.69) is 35.6 Å². The Morgan fingerprint density at radius 3 is 2.59 bits per heavy atom. The van der Waals surface area contributed by atoms with Crippen molar-refractivity contribution in [3.05, 3.63) is 64.7 Å². The molecule has 1 aromatic carbocycles. The molecule has 3 aromatic rings. The van der Waals surface area contributed by atoms with Crippen LogP contribution in [0.15, 0.2) is 53.6 Å². The first kappa shape index (κ1) is 24.4. The van der Waals surface area contributed by atoms with Crippen molar-refractivity contribution in [2.24, 2.45) is 5.41 Å². The minimum Gasteiger partial charge on any atom is -0.481 e. The fourth-order valence-corrected chi connectivity index (χ4v) is 5.35. The zero-order valence-corrected chi connectivity index (χ0v) is 21.2. The summed E-state index contributed by atoms with van der Waals surface area (Å²) < 4.78 is 3.28. The molecule has 3 heterocycles. The Balaban J connectivity index is 1.51. The third-order valence-electron chi connectivity index (χ3n) is 6.56. The third kappa shape index (κ3) is 5.00. The van der Waals surface area contributed by atoms with Crippen LogP contribution in [0.5, 0.6) is 0 Å². The third-order valence-corrected chi connectivity index (χ3v) is 7.62. The lowest BCUT2D eigenvalue weighted by Crippen LogP contribution is -2.47. The highest BCUT2D eigenvalue weighted by molar-refractivity contribution is 8.00. The van der Waals surface area contributed by atoms with E-state index in [1.807, 2.05) is 43.3 Å². The van der Waals surface area contributed by atoms with Gasteiger partial charge in [-0.05, 0) is 68.5 Å². The fourth-order valence-electron chi connectivity index (χ4n) is 4.55. The van der Waals surface area contributed by atoms with Crippen molar-refractivity contribution in [1.29, 1.82) is 0 Å². The van der Waals surface area contributed by atoms with Gasteiger partial charge < -0.3 is 14.7 Å². The number of rotatable bonds is 7. The lowest BCUT2D eigenvalue weighted by atomic mass is 9.77. The molecule has 1 atom stereocenters. The molecule has 0 amide bonds. The summed E-state index contributed by atoms with van der Waals surface area (Å²) in [6.45, 7) is 7.35. The van der Waals surface area contributed by atoms with E-state index in [9.17, 15) is 9.90 Å². The van der Waals surface area contributed by atoms with E-state index in [1.54, 1.807) is 0 Å². The van der Waals surface area contributed by atoms with Crippen LogP contribution in [0.4, 0.5) is 11.6 Å². The fraction of sp³-hybridized carbons (Fsp3) is 0.346. The van der Waals surface area contributed by atoms with Gasteiger partial charge in [-0.1, -0.05) is 42.8 Å². The summed E-state index contributed by atoms with van der Waals surface area (Å²) in [5.41, 5.74) is 3.34. The smallest absolute Gasteiger partial charge is 0.311 e. The summed E-state index contributed by atoms with van der Waals surface area (Å²) in [7, 11) is 0. The van der Waals surface area contributed by atoms with Gasteiger partial charge in [-0.15, -0.1) is 0 Å². The highest BCUT2D eigenvalue weighted by Crippen LogP contribution is 2.36. The van der Waals surface area contributed by atoms with Crippen molar-refractivity contribution in [3.63, 3.8) is 0 Å². The number of halogens is 1. The number of aliphatic carboxylic acids is 1. The number of nitrogens with zero attached hydrogens (tertiary/aromatic N) is 3. The molecule has 6 nitrogen and oxygen atoms in total. The molecule has 2 aromatic heterocycles. The number of hydrogen-bond donors (Lipinski definition) is 2. The molecule has 2 N–H and O–H groups in total. The number of carboxylic acids is 1. The zero-order chi connectivity index (χ0) is 24.3. The number of aryl methyl sites for hydroxylation is 2. The number of anilines is 2. The van der Waals surface area contributed by atoms with E-state index in [1.165, 1.54) is 11.9 Å². The molecule has 178 valence electrons. The van der Waals surface area contributed by atoms with Crippen molar-refractivity contribution in [2.75, 3.05) is 22.7 Å². The van der Waals surface area contributed by atoms with Crippen molar-refractivity contribution < 1.29 is 9.90 Å². The first-order valence-electron chi connectivity index (χ1n) is 11.4. The maximum absolute atomic E-state index is 11.9. The number of benzene rings is 1. The number of hydrogen-bond acceptors (Lipinski definition) is 6. The van der Waals surface area contributed by atoms with Gasteiger partial charge in [0.25, 0.3) is 0 Å². The van der Waals surface area contributed by atoms with Crippen LogP contribution in [0.2, 0.25) is 5.02 Å². The predicted octanol–water partition coefficient (Wildman–Crippen LogP) is 6.61.